The summed E-state index contributed by atoms with van der Waals surface area (Å²) in [5.74, 6) is 0.508. The topological polar surface area (TPSA) is 57.6 Å². The lowest BCUT2D eigenvalue weighted by molar-refractivity contribution is 0.268. The van der Waals surface area contributed by atoms with Crippen molar-refractivity contribution in [3.05, 3.63) is 29.3 Å². The van der Waals surface area contributed by atoms with Gasteiger partial charge in [-0.2, -0.15) is 0 Å². The van der Waals surface area contributed by atoms with Crippen LogP contribution < -0.4 is 0 Å². The van der Waals surface area contributed by atoms with Gasteiger partial charge in [0, 0.05) is 25.9 Å². The molecule has 1 aromatic rings. The summed E-state index contributed by atoms with van der Waals surface area (Å²) in [6, 6.07) is 5.39. The van der Waals surface area contributed by atoms with Crippen LogP contribution in [0.4, 0.5) is 0 Å². The predicted molar refractivity (Wildman–Crippen MR) is 66.8 cm³/mol. The molecule has 0 aromatic heterocycles. The third-order valence-electron chi connectivity index (χ3n) is 3.06. The lowest BCUT2D eigenvalue weighted by atomic mass is 9.99. The second kappa shape index (κ2) is 4.66. The van der Waals surface area contributed by atoms with Crippen molar-refractivity contribution < 1.29 is 13.5 Å². The second-order valence-corrected chi connectivity index (χ2v) is 6.87. The molecular formula is C12H17NO3S. The second-order valence-electron chi connectivity index (χ2n) is 4.61. The van der Waals surface area contributed by atoms with Crippen molar-refractivity contribution in [2.45, 2.75) is 13.0 Å². The molecule has 1 aliphatic rings. The number of rotatable bonds is 3. The maximum atomic E-state index is 11.1. The molecule has 0 saturated heterocycles. The first-order valence-corrected chi connectivity index (χ1v) is 7.71. The van der Waals surface area contributed by atoms with Crippen molar-refractivity contribution in [3.63, 3.8) is 0 Å². The number of benzene rings is 1. The summed E-state index contributed by atoms with van der Waals surface area (Å²) in [4.78, 5) is 2.14. The molecule has 1 heterocycles. The van der Waals surface area contributed by atoms with Crippen molar-refractivity contribution in [1.29, 1.82) is 0 Å². The molecule has 0 spiro atoms. The quantitative estimate of drug-likeness (QED) is 0.868. The van der Waals surface area contributed by atoms with E-state index in [-0.39, 0.29) is 5.75 Å². The Bertz CT molecular complexity index is 510. The number of aromatic hydroxyl groups is 1. The van der Waals surface area contributed by atoms with Crippen molar-refractivity contribution in [3.8, 4) is 5.75 Å². The molecule has 94 valence electrons. The fourth-order valence-electron chi connectivity index (χ4n) is 2.08. The monoisotopic (exact) mass is 255 g/mol. The molecule has 0 bridgehead atoms. The molecule has 0 amide bonds. The van der Waals surface area contributed by atoms with E-state index in [0.29, 0.717) is 12.3 Å². The van der Waals surface area contributed by atoms with Crippen LogP contribution in [0.3, 0.4) is 0 Å². The van der Waals surface area contributed by atoms with Crippen molar-refractivity contribution >= 4 is 9.84 Å². The van der Waals surface area contributed by atoms with E-state index in [9.17, 15) is 13.5 Å². The highest BCUT2D eigenvalue weighted by Crippen LogP contribution is 2.22. The fraction of sp³-hybridized carbons (Fsp3) is 0.500. The Labute approximate surface area is 102 Å². The van der Waals surface area contributed by atoms with E-state index >= 15 is 0 Å². The first-order valence-electron chi connectivity index (χ1n) is 5.65. The molecule has 5 heteroatoms. The van der Waals surface area contributed by atoms with Gasteiger partial charge in [0.15, 0.2) is 0 Å². The van der Waals surface area contributed by atoms with Crippen LogP contribution in [0.25, 0.3) is 0 Å². The molecule has 1 N–H and O–H groups in total. The molecule has 1 aromatic carbocycles. The van der Waals surface area contributed by atoms with E-state index in [1.54, 1.807) is 12.1 Å². The van der Waals surface area contributed by atoms with Gasteiger partial charge in [0.25, 0.3) is 0 Å². The van der Waals surface area contributed by atoms with Gasteiger partial charge in [0.05, 0.1) is 5.75 Å². The van der Waals surface area contributed by atoms with Gasteiger partial charge in [-0.1, -0.05) is 6.07 Å². The average molecular weight is 255 g/mol. The zero-order valence-corrected chi connectivity index (χ0v) is 10.7. The summed E-state index contributed by atoms with van der Waals surface area (Å²) in [5.41, 5.74) is 2.35. The van der Waals surface area contributed by atoms with E-state index in [2.05, 4.69) is 4.90 Å². The van der Waals surface area contributed by atoms with Gasteiger partial charge < -0.3 is 5.11 Å². The van der Waals surface area contributed by atoms with Crippen molar-refractivity contribution in [2.24, 2.45) is 0 Å². The molecule has 0 saturated carbocycles. The van der Waals surface area contributed by atoms with Crippen LogP contribution in [-0.2, 0) is 22.8 Å². The van der Waals surface area contributed by atoms with E-state index in [1.807, 2.05) is 6.07 Å². The maximum Gasteiger partial charge on any atom is 0.148 e. The van der Waals surface area contributed by atoms with Crippen LogP contribution in [-0.4, -0.2) is 43.5 Å². The Morgan fingerprint density at radius 2 is 2.12 bits per heavy atom. The Morgan fingerprint density at radius 1 is 1.35 bits per heavy atom. The van der Waals surface area contributed by atoms with Crippen LogP contribution >= 0.6 is 0 Å². The van der Waals surface area contributed by atoms with Crippen molar-refractivity contribution in [2.75, 3.05) is 25.1 Å². The Morgan fingerprint density at radius 3 is 2.82 bits per heavy atom. The molecule has 4 nitrogen and oxygen atoms in total. The molecular weight excluding hydrogens is 238 g/mol. The minimum absolute atomic E-state index is 0.209. The normalized spacial score (nSPS) is 16.8. The van der Waals surface area contributed by atoms with E-state index in [4.69, 9.17) is 0 Å². The predicted octanol–water partition coefficient (Wildman–Crippen LogP) is 0.795. The molecule has 0 unspecified atom stereocenters. The maximum absolute atomic E-state index is 11.1. The van der Waals surface area contributed by atoms with Gasteiger partial charge in [-0.15, -0.1) is 0 Å². The third kappa shape index (κ3) is 3.44. The van der Waals surface area contributed by atoms with Crippen LogP contribution in [0.1, 0.15) is 11.1 Å². The number of phenols is 1. The molecule has 1 aliphatic heterocycles. The minimum atomic E-state index is -2.89. The van der Waals surface area contributed by atoms with Crippen molar-refractivity contribution in [1.82, 2.24) is 4.90 Å². The molecule has 0 radical (unpaired) electrons. The Balaban J connectivity index is 2.01. The zero-order chi connectivity index (χ0) is 12.5. The van der Waals surface area contributed by atoms with Crippen LogP contribution in [0.2, 0.25) is 0 Å². The molecule has 0 aliphatic carbocycles. The fourth-order valence-corrected chi connectivity index (χ4v) is 2.67. The number of fused-ring (bicyclic) bond motifs is 1. The number of phenolic OH excluding ortho intramolecular Hbond substituents is 1. The summed E-state index contributed by atoms with van der Waals surface area (Å²) < 4.78 is 22.2. The number of hydrogen-bond acceptors (Lipinski definition) is 4. The molecule has 0 atom stereocenters. The van der Waals surface area contributed by atoms with Crippen LogP contribution in [0.5, 0.6) is 5.75 Å². The van der Waals surface area contributed by atoms with E-state index < -0.39 is 9.84 Å². The summed E-state index contributed by atoms with van der Waals surface area (Å²) >= 11 is 0. The third-order valence-corrected chi connectivity index (χ3v) is 3.98. The van der Waals surface area contributed by atoms with Gasteiger partial charge >= 0.3 is 0 Å². The number of nitrogens with zero attached hydrogens (tertiary/aromatic N) is 1. The highest BCUT2D eigenvalue weighted by molar-refractivity contribution is 7.90. The highest BCUT2D eigenvalue weighted by atomic mass is 32.2. The first kappa shape index (κ1) is 12.4. The molecule has 0 fully saturated rings. The van der Waals surface area contributed by atoms with Gasteiger partial charge in [0.2, 0.25) is 0 Å². The van der Waals surface area contributed by atoms with Gasteiger partial charge in [0.1, 0.15) is 15.6 Å². The largest absolute Gasteiger partial charge is 0.508 e. The van der Waals surface area contributed by atoms with Gasteiger partial charge in [-0.25, -0.2) is 8.42 Å². The average Bonchev–Trinajstić information content (AvgIpc) is 2.25. The number of sulfone groups is 1. The lowest BCUT2D eigenvalue weighted by Gasteiger charge is -2.28. The van der Waals surface area contributed by atoms with Crippen LogP contribution in [0.15, 0.2) is 18.2 Å². The summed E-state index contributed by atoms with van der Waals surface area (Å²) in [6.07, 6.45) is 2.14. The first-order chi connectivity index (χ1) is 7.94. The Kier molecular flexibility index (Phi) is 3.40. The summed E-state index contributed by atoms with van der Waals surface area (Å²) in [5, 5.41) is 9.37. The smallest absolute Gasteiger partial charge is 0.148 e. The summed E-state index contributed by atoms with van der Waals surface area (Å²) in [7, 11) is -2.89. The number of hydrogen-bond donors (Lipinski definition) is 1. The van der Waals surface area contributed by atoms with Gasteiger partial charge in [-0.3, -0.25) is 4.90 Å². The van der Waals surface area contributed by atoms with E-state index in [0.717, 1.165) is 19.5 Å². The zero-order valence-electron chi connectivity index (χ0n) is 9.89. The highest BCUT2D eigenvalue weighted by Gasteiger charge is 2.17. The standard InChI is InChI=1S/C12H17NO3S/c1-17(15,16)7-6-13-5-4-10-8-12(14)3-2-11(10)9-13/h2-3,8,14H,4-7,9H2,1H3. The lowest BCUT2D eigenvalue weighted by Crippen LogP contribution is -2.34. The van der Waals surface area contributed by atoms with E-state index in [1.165, 1.54) is 17.4 Å². The minimum Gasteiger partial charge on any atom is -0.508 e. The van der Waals surface area contributed by atoms with Gasteiger partial charge in [-0.05, 0) is 29.7 Å². The molecule has 17 heavy (non-hydrogen) atoms. The molecule has 2 rings (SSSR count). The Hall–Kier alpha value is -1.07. The SMILES string of the molecule is CS(=O)(=O)CCN1CCc2cc(O)ccc2C1. The summed E-state index contributed by atoms with van der Waals surface area (Å²) in [6.45, 7) is 2.20. The van der Waals surface area contributed by atoms with Crippen LogP contribution in [0, 0.1) is 0 Å².